The highest BCUT2D eigenvalue weighted by atomic mass is 32.2. The number of carbonyl (C=O) groups is 2. The highest BCUT2D eigenvalue weighted by Crippen LogP contribution is 2.24. The van der Waals surface area contributed by atoms with E-state index < -0.39 is 9.84 Å². The first-order valence-electron chi connectivity index (χ1n) is 7.90. The summed E-state index contributed by atoms with van der Waals surface area (Å²) in [7, 11) is -1.35. The van der Waals surface area contributed by atoms with Crippen LogP contribution in [-0.4, -0.2) is 69.1 Å². The maximum Gasteiger partial charge on any atom is 0.238 e. The number of carbonyl (C=O) groups excluding carboxylic acids is 2. The van der Waals surface area contributed by atoms with Gasteiger partial charge in [-0.3, -0.25) is 14.5 Å². The Bertz CT molecular complexity index is 737. The van der Waals surface area contributed by atoms with E-state index >= 15 is 0 Å². The summed E-state index contributed by atoms with van der Waals surface area (Å²) in [5.74, 6) is -0.374. The second-order valence-electron chi connectivity index (χ2n) is 6.09. The van der Waals surface area contributed by atoms with Crippen LogP contribution in [0.1, 0.15) is 6.42 Å². The fraction of sp³-hybridized carbons (Fsp3) is 0.500. The van der Waals surface area contributed by atoms with Gasteiger partial charge < -0.3 is 10.6 Å². The standard InChI is InChI=1S/C16H23N3O4S2/c1-19(9-15(20)17-12-7-8-25(22,23)11-12)10-16(21)18-13-5-3-4-6-14(13)24-2/h3-6,12H,7-11H2,1-2H3,(H,17,20)(H,18,21)/t12-/m0/s1. The topological polar surface area (TPSA) is 95.6 Å². The third kappa shape index (κ3) is 6.33. The minimum atomic E-state index is -3.02. The first kappa shape index (κ1) is 19.7. The SMILES string of the molecule is CSc1ccccc1NC(=O)CN(C)CC(=O)N[C@H]1CCS(=O)(=O)C1. The number of para-hydroxylation sites is 1. The van der Waals surface area contributed by atoms with E-state index in [0.717, 1.165) is 10.6 Å². The van der Waals surface area contributed by atoms with Gasteiger partial charge in [0.2, 0.25) is 11.8 Å². The van der Waals surface area contributed by atoms with Gasteiger partial charge in [-0.2, -0.15) is 0 Å². The predicted octanol–water partition coefficient (Wildman–Crippen LogP) is 0.582. The van der Waals surface area contributed by atoms with Crippen LogP contribution in [-0.2, 0) is 19.4 Å². The largest absolute Gasteiger partial charge is 0.351 e. The number of hydrogen-bond acceptors (Lipinski definition) is 6. The van der Waals surface area contributed by atoms with Crippen LogP contribution in [0.4, 0.5) is 5.69 Å². The van der Waals surface area contributed by atoms with Crippen molar-refractivity contribution in [1.82, 2.24) is 10.2 Å². The summed E-state index contributed by atoms with van der Waals surface area (Å²) in [6.45, 7) is 0.104. The number of anilines is 1. The first-order chi connectivity index (χ1) is 11.8. The fourth-order valence-electron chi connectivity index (χ4n) is 2.67. The van der Waals surface area contributed by atoms with E-state index in [2.05, 4.69) is 10.6 Å². The van der Waals surface area contributed by atoms with Crippen molar-refractivity contribution in [2.45, 2.75) is 17.4 Å². The monoisotopic (exact) mass is 385 g/mol. The van der Waals surface area contributed by atoms with Gasteiger partial charge in [-0.05, 0) is 31.9 Å². The maximum atomic E-state index is 12.1. The van der Waals surface area contributed by atoms with Gasteiger partial charge in [0.1, 0.15) is 0 Å². The minimum absolute atomic E-state index is 0.00555. The minimum Gasteiger partial charge on any atom is -0.351 e. The van der Waals surface area contributed by atoms with Crippen LogP contribution in [0.5, 0.6) is 0 Å². The number of nitrogens with one attached hydrogen (secondary N) is 2. The molecule has 7 nitrogen and oxygen atoms in total. The highest BCUT2D eigenvalue weighted by molar-refractivity contribution is 7.98. The summed E-state index contributed by atoms with van der Waals surface area (Å²) >= 11 is 1.54. The second-order valence-corrected chi connectivity index (χ2v) is 9.17. The van der Waals surface area contributed by atoms with Crippen LogP contribution < -0.4 is 10.6 Å². The van der Waals surface area contributed by atoms with Crippen molar-refractivity contribution in [1.29, 1.82) is 0 Å². The lowest BCUT2D eigenvalue weighted by molar-refractivity contribution is -0.123. The number of thioether (sulfide) groups is 1. The molecule has 1 aliphatic rings. The Morgan fingerprint density at radius 2 is 1.92 bits per heavy atom. The van der Waals surface area contributed by atoms with Crippen molar-refractivity contribution in [3.8, 4) is 0 Å². The molecule has 1 aromatic rings. The molecule has 0 unspecified atom stereocenters. The molecule has 1 atom stereocenters. The highest BCUT2D eigenvalue weighted by Gasteiger charge is 2.29. The van der Waals surface area contributed by atoms with Crippen LogP contribution in [0, 0.1) is 0 Å². The molecule has 2 N–H and O–H groups in total. The van der Waals surface area contributed by atoms with Gasteiger partial charge in [0, 0.05) is 10.9 Å². The van der Waals surface area contributed by atoms with Crippen LogP contribution in [0.15, 0.2) is 29.2 Å². The number of benzene rings is 1. The van der Waals surface area contributed by atoms with Crippen molar-refractivity contribution in [2.24, 2.45) is 0 Å². The van der Waals surface area contributed by atoms with E-state index in [1.54, 1.807) is 23.7 Å². The molecule has 2 rings (SSSR count). The van der Waals surface area contributed by atoms with Gasteiger partial charge in [-0.1, -0.05) is 12.1 Å². The van der Waals surface area contributed by atoms with Crippen molar-refractivity contribution >= 4 is 39.1 Å². The van der Waals surface area contributed by atoms with Crippen molar-refractivity contribution in [3.63, 3.8) is 0 Å². The Balaban J connectivity index is 1.78. The van der Waals surface area contributed by atoms with Gasteiger partial charge in [0.25, 0.3) is 0 Å². The number of likely N-dealkylation sites (N-methyl/N-ethyl adjacent to an activating group) is 1. The van der Waals surface area contributed by atoms with E-state index in [1.165, 1.54) is 0 Å². The Hall–Kier alpha value is -1.58. The molecule has 0 radical (unpaired) electrons. The lowest BCUT2D eigenvalue weighted by atomic mass is 10.2. The van der Waals surface area contributed by atoms with E-state index in [0.29, 0.717) is 6.42 Å². The summed E-state index contributed by atoms with van der Waals surface area (Å²) in [4.78, 5) is 26.7. The molecule has 25 heavy (non-hydrogen) atoms. The van der Waals surface area contributed by atoms with Crippen molar-refractivity contribution in [2.75, 3.05) is 43.2 Å². The van der Waals surface area contributed by atoms with Gasteiger partial charge >= 0.3 is 0 Å². The zero-order valence-electron chi connectivity index (χ0n) is 14.3. The molecule has 0 bridgehead atoms. The van der Waals surface area contributed by atoms with Gasteiger partial charge in [0.05, 0.1) is 30.3 Å². The molecule has 1 heterocycles. The third-order valence-corrected chi connectivity index (χ3v) is 6.37. The van der Waals surface area contributed by atoms with Crippen LogP contribution in [0.25, 0.3) is 0 Å². The molecular weight excluding hydrogens is 362 g/mol. The third-order valence-electron chi connectivity index (χ3n) is 3.81. The number of amides is 2. The molecule has 1 aliphatic heterocycles. The van der Waals surface area contributed by atoms with Gasteiger partial charge in [-0.25, -0.2) is 8.42 Å². The molecule has 138 valence electrons. The Kier molecular flexibility index (Phi) is 6.86. The van der Waals surface area contributed by atoms with Crippen molar-refractivity contribution < 1.29 is 18.0 Å². The average molecular weight is 386 g/mol. The maximum absolute atomic E-state index is 12.1. The van der Waals surface area contributed by atoms with E-state index in [9.17, 15) is 18.0 Å². The lowest BCUT2D eigenvalue weighted by Gasteiger charge is -2.18. The molecule has 0 saturated carbocycles. The molecule has 1 aromatic carbocycles. The first-order valence-corrected chi connectivity index (χ1v) is 10.9. The molecule has 0 spiro atoms. The van der Waals surface area contributed by atoms with Crippen LogP contribution in [0.2, 0.25) is 0 Å². The van der Waals surface area contributed by atoms with E-state index in [-0.39, 0.29) is 42.5 Å². The number of nitrogens with zero attached hydrogens (tertiary/aromatic N) is 1. The summed E-state index contributed by atoms with van der Waals surface area (Å²) in [5, 5.41) is 5.55. The zero-order chi connectivity index (χ0) is 18.4. The fourth-order valence-corrected chi connectivity index (χ4v) is 4.89. The zero-order valence-corrected chi connectivity index (χ0v) is 16.0. The summed E-state index contributed by atoms with van der Waals surface area (Å²) < 4.78 is 22.8. The average Bonchev–Trinajstić information content (AvgIpc) is 2.85. The summed E-state index contributed by atoms with van der Waals surface area (Å²) in [5.41, 5.74) is 0.744. The quantitative estimate of drug-likeness (QED) is 0.667. The Morgan fingerprint density at radius 1 is 1.24 bits per heavy atom. The molecular formula is C16H23N3O4S2. The second kappa shape index (κ2) is 8.68. The van der Waals surface area contributed by atoms with E-state index in [4.69, 9.17) is 0 Å². The Labute approximate surface area is 152 Å². The molecule has 0 aromatic heterocycles. The predicted molar refractivity (Wildman–Crippen MR) is 99.6 cm³/mol. The Morgan fingerprint density at radius 3 is 2.56 bits per heavy atom. The summed E-state index contributed by atoms with van der Waals surface area (Å²) in [6, 6.07) is 7.18. The summed E-state index contributed by atoms with van der Waals surface area (Å²) in [6.07, 6.45) is 2.38. The van der Waals surface area contributed by atoms with E-state index in [1.807, 2.05) is 30.5 Å². The number of sulfone groups is 1. The van der Waals surface area contributed by atoms with Crippen LogP contribution in [0.3, 0.4) is 0 Å². The smallest absolute Gasteiger partial charge is 0.238 e. The molecule has 1 saturated heterocycles. The normalized spacial score (nSPS) is 18.9. The molecule has 2 amide bonds. The molecule has 0 aliphatic carbocycles. The van der Waals surface area contributed by atoms with Crippen molar-refractivity contribution in [3.05, 3.63) is 24.3 Å². The van der Waals surface area contributed by atoms with Crippen LogP contribution >= 0.6 is 11.8 Å². The van der Waals surface area contributed by atoms with Gasteiger partial charge in [-0.15, -0.1) is 11.8 Å². The number of rotatable bonds is 7. The number of hydrogen-bond donors (Lipinski definition) is 2. The lowest BCUT2D eigenvalue weighted by Crippen LogP contribution is -2.43. The van der Waals surface area contributed by atoms with Gasteiger partial charge in [0.15, 0.2) is 9.84 Å². The molecule has 9 heteroatoms. The molecule has 1 fully saturated rings.